The van der Waals surface area contributed by atoms with E-state index >= 15 is 0 Å². The molecule has 3 aromatic rings. The quantitative estimate of drug-likeness (QED) is 0.750. The summed E-state index contributed by atoms with van der Waals surface area (Å²) in [7, 11) is 0. The van der Waals surface area contributed by atoms with Crippen LogP contribution in [0.3, 0.4) is 0 Å². The van der Waals surface area contributed by atoms with Crippen molar-refractivity contribution < 1.29 is 9.25 Å². The fourth-order valence-electron chi connectivity index (χ4n) is 3.11. The molecule has 0 amide bonds. The van der Waals surface area contributed by atoms with Gasteiger partial charge in [-0.25, -0.2) is 4.98 Å². The van der Waals surface area contributed by atoms with Crippen molar-refractivity contribution in [2.75, 3.05) is 5.73 Å². The second kappa shape index (κ2) is 7.04. The number of pyridine rings is 1. The predicted octanol–water partition coefficient (Wildman–Crippen LogP) is 4.22. The SMILES string of the molecule is Cc1ccc(Cc2ccc(CC3=NOC(c4ccc(N)nc4)C3)cc2)o1. The van der Waals surface area contributed by atoms with E-state index in [9.17, 15) is 0 Å². The van der Waals surface area contributed by atoms with Crippen molar-refractivity contribution in [2.24, 2.45) is 5.16 Å². The third-order valence-corrected chi connectivity index (χ3v) is 4.52. The van der Waals surface area contributed by atoms with E-state index in [-0.39, 0.29) is 6.10 Å². The lowest BCUT2D eigenvalue weighted by Crippen LogP contribution is -2.04. The zero-order valence-electron chi connectivity index (χ0n) is 14.7. The molecule has 1 unspecified atom stereocenters. The fraction of sp³-hybridized carbons (Fsp3) is 0.238. The molecule has 1 aliphatic rings. The molecule has 2 aromatic heterocycles. The summed E-state index contributed by atoms with van der Waals surface area (Å²) < 4.78 is 5.64. The Morgan fingerprint density at radius 2 is 1.77 bits per heavy atom. The molecular formula is C21H21N3O2. The number of rotatable bonds is 5. The Kier molecular flexibility index (Phi) is 4.44. The molecule has 1 atom stereocenters. The standard InChI is InChI=1S/C21H21N3O2/c1-14-2-8-19(25-14)11-16-5-3-15(4-6-16)10-18-12-20(26-24-18)17-7-9-21(22)23-13-17/h2-9,13,20H,10-12H2,1H3,(H2,22,23). The van der Waals surface area contributed by atoms with Gasteiger partial charge >= 0.3 is 0 Å². The molecule has 5 nitrogen and oxygen atoms in total. The monoisotopic (exact) mass is 347 g/mol. The van der Waals surface area contributed by atoms with E-state index in [0.29, 0.717) is 5.82 Å². The van der Waals surface area contributed by atoms with Crippen molar-refractivity contribution in [3.05, 3.63) is 82.9 Å². The van der Waals surface area contributed by atoms with Crippen LogP contribution < -0.4 is 5.73 Å². The number of oxime groups is 1. The van der Waals surface area contributed by atoms with Gasteiger partial charge in [0.05, 0.1) is 5.71 Å². The summed E-state index contributed by atoms with van der Waals surface area (Å²) in [6.45, 7) is 1.96. The van der Waals surface area contributed by atoms with Gasteiger partial charge in [0.25, 0.3) is 0 Å². The second-order valence-electron chi connectivity index (χ2n) is 6.65. The van der Waals surface area contributed by atoms with Crippen molar-refractivity contribution in [3.63, 3.8) is 0 Å². The van der Waals surface area contributed by atoms with Crippen LogP contribution in [0.5, 0.6) is 0 Å². The molecule has 0 aliphatic carbocycles. The Morgan fingerprint density at radius 3 is 2.42 bits per heavy atom. The van der Waals surface area contributed by atoms with E-state index < -0.39 is 0 Å². The fourth-order valence-corrected chi connectivity index (χ4v) is 3.11. The number of aromatic nitrogens is 1. The van der Waals surface area contributed by atoms with E-state index in [1.54, 1.807) is 12.3 Å². The lowest BCUT2D eigenvalue weighted by atomic mass is 10.00. The Bertz CT molecular complexity index is 911. The topological polar surface area (TPSA) is 73.6 Å². The first-order chi connectivity index (χ1) is 12.7. The van der Waals surface area contributed by atoms with Gasteiger partial charge < -0.3 is 15.0 Å². The summed E-state index contributed by atoms with van der Waals surface area (Å²) in [5, 5.41) is 4.25. The molecule has 0 saturated carbocycles. The first kappa shape index (κ1) is 16.4. The van der Waals surface area contributed by atoms with Crippen LogP contribution in [-0.2, 0) is 17.7 Å². The van der Waals surface area contributed by atoms with Crippen LogP contribution in [0, 0.1) is 6.92 Å². The van der Waals surface area contributed by atoms with Gasteiger partial charge in [-0.3, -0.25) is 0 Å². The van der Waals surface area contributed by atoms with Crippen molar-refractivity contribution in [1.82, 2.24) is 4.98 Å². The normalized spacial score (nSPS) is 16.3. The van der Waals surface area contributed by atoms with E-state index in [4.69, 9.17) is 15.0 Å². The molecule has 1 aromatic carbocycles. The van der Waals surface area contributed by atoms with Crippen LogP contribution in [0.4, 0.5) is 5.82 Å². The van der Waals surface area contributed by atoms with Gasteiger partial charge in [0.15, 0.2) is 6.10 Å². The molecule has 5 heteroatoms. The van der Waals surface area contributed by atoms with Gasteiger partial charge in [-0.15, -0.1) is 0 Å². The number of nitrogens with zero attached hydrogens (tertiary/aromatic N) is 2. The highest BCUT2D eigenvalue weighted by atomic mass is 16.6. The van der Waals surface area contributed by atoms with Crippen LogP contribution in [-0.4, -0.2) is 10.7 Å². The summed E-state index contributed by atoms with van der Waals surface area (Å²) in [6, 6.07) is 16.3. The number of nitrogens with two attached hydrogens (primary N) is 1. The van der Waals surface area contributed by atoms with Crippen LogP contribution in [0.1, 0.15) is 40.7 Å². The summed E-state index contributed by atoms with van der Waals surface area (Å²) in [4.78, 5) is 9.68. The first-order valence-corrected chi connectivity index (χ1v) is 8.72. The maximum atomic E-state index is 5.64. The van der Waals surface area contributed by atoms with Gasteiger partial charge in [-0.1, -0.05) is 35.5 Å². The molecule has 132 valence electrons. The third kappa shape index (κ3) is 3.77. The molecule has 1 aliphatic heterocycles. The highest BCUT2D eigenvalue weighted by Gasteiger charge is 2.23. The van der Waals surface area contributed by atoms with Crippen molar-refractivity contribution in [1.29, 1.82) is 0 Å². The van der Waals surface area contributed by atoms with Crippen LogP contribution in [0.15, 0.2) is 64.3 Å². The minimum Gasteiger partial charge on any atom is -0.466 e. The summed E-state index contributed by atoms with van der Waals surface area (Å²) >= 11 is 0. The van der Waals surface area contributed by atoms with E-state index in [1.165, 1.54) is 11.1 Å². The minimum absolute atomic E-state index is 0.0698. The number of benzene rings is 1. The Hall–Kier alpha value is -3.08. The maximum absolute atomic E-state index is 5.64. The smallest absolute Gasteiger partial charge is 0.159 e. The van der Waals surface area contributed by atoms with Gasteiger partial charge in [0, 0.05) is 31.0 Å². The minimum atomic E-state index is -0.0698. The van der Waals surface area contributed by atoms with Crippen LogP contribution in [0.25, 0.3) is 0 Å². The average molecular weight is 347 g/mol. The van der Waals surface area contributed by atoms with E-state index in [1.807, 2.05) is 25.1 Å². The number of anilines is 1. The number of furan rings is 1. The highest BCUT2D eigenvalue weighted by molar-refractivity contribution is 5.87. The lowest BCUT2D eigenvalue weighted by Gasteiger charge is -2.07. The zero-order chi connectivity index (χ0) is 17.9. The third-order valence-electron chi connectivity index (χ3n) is 4.52. The number of hydrogen-bond acceptors (Lipinski definition) is 5. The first-order valence-electron chi connectivity index (χ1n) is 8.72. The Morgan fingerprint density at radius 1 is 1.00 bits per heavy atom. The molecule has 4 rings (SSSR count). The summed E-state index contributed by atoms with van der Waals surface area (Å²) in [6.07, 6.45) is 4.06. The van der Waals surface area contributed by atoms with E-state index in [0.717, 1.165) is 42.1 Å². The Labute approximate surface area is 152 Å². The molecular weight excluding hydrogens is 326 g/mol. The zero-order valence-corrected chi connectivity index (χ0v) is 14.7. The van der Waals surface area contributed by atoms with Crippen molar-refractivity contribution >= 4 is 11.5 Å². The molecule has 2 N–H and O–H groups in total. The summed E-state index contributed by atoms with van der Waals surface area (Å²) in [5.41, 5.74) is 10.1. The number of hydrogen-bond donors (Lipinski definition) is 1. The van der Waals surface area contributed by atoms with E-state index in [2.05, 4.69) is 34.4 Å². The van der Waals surface area contributed by atoms with Crippen molar-refractivity contribution in [3.8, 4) is 0 Å². The molecule has 0 radical (unpaired) electrons. The number of nitrogen functional groups attached to an aromatic ring is 1. The van der Waals surface area contributed by atoms with Gasteiger partial charge in [0.2, 0.25) is 0 Å². The highest BCUT2D eigenvalue weighted by Crippen LogP contribution is 2.28. The molecule has 0 bridgehead atoms. The van der Waals surface area contributed by atoms with Crippen LogP contribution in [0.2, 0.25) is 0 Å². The average Bonchev–Trinajstić information content (AvgIpc) is 3.26. The molecule has 3 heterocycles. The predicted molar refractivity (Wildman–Crippen MR) is 101 cm³/mol. The maximum Gasteiger partial charge on any atom is 0.159 e. The van der Waals surface area contributed by atoms with Gasteiger partial charge in [-0.05, 0) is 36.2 Å². The number of aryl methyl sites for hydroxylation is 1. The molecule has 0 fully saturated rings. The molecule has 0 saturated heterocycles. The Balaban J connectivity index is 1.35. The summed E-state index contributed by atoms with van der Waals surface area (Å²) in [5.74, 6) is 2.45. The van der Waals surface area contributed by atoms with Gasteiger partial charge in [0.1, 0.15) is 17.3 Å². The molecule has 0 spiro atoms. The lowest BCUT2D eigenvalue weighted by molar-refractivity contribution is 0.0855. The van der Waals surface area contributed by atoms with Gasteiger partial charge in [-0.2, -0.15) is 0 Å². The molecule has 26 heavy (non-hydrogen) atoms. The van der Waals surface area contributed by atoms with Crippen molar-refractivity contribution in [2.45, 2.75) is 32.3 Å². The largest absolute Gasteiger partial charge is 0.466 e. The second-order valence-corrected chi connectivity index (χ2v) is 6.65. The van der Waals surface area contributed by atoms with Crippen LogP contribution >= 0.6 is 0 Å².